The lowest BCUT2D eigenvalue weighted by molar-refractivity contribution is 0.273. The normalized spacial score (nSPS) is 29.4. The summed E-state index contributed by atoms with van der Waals surface area (Å²) in [7, 11) is 0. The van der Waals surface area contributed by atoms with Crippen molar-refractivity contribution in [2.45, 2.75) is 38.6 Å². The van der Waals surface area contributed by atoms with Crippen LogP contribution in [0.5, 0.6) is 0 Å². The lowest BCUT2D eigenvalue weighted by Crippen LogP contribution is -2.41. The van der Waals surface area contributed by atoms with Crippen LogP contribution in [0.15, 0.2) is 24.3 Å². The Morgan fingerprint density at radius 2 is 2.04 bits per heavy atom. The van der Waals surface area contributed by atoms with Gasteiger partial charge in [-0.1, -0.05) is 29.3 Å². The molecule has 2 aliphatic rings. The largest absolute Gasteiger partial charge is 0.316 e. The van der Waals surface area contributed by atoms with Crippen LogP contribution in [0.1, 0.15) is 29.8 Å². The monoisotopic (exact) mass is 349 g/mol. The Balaban J connectivity index is 1.70. The van der Waals surface area contributed by atoms with Crippen LogP contribution in [0.3, 0.4) is 0 Å². The Bertz CT molecular complexity index is 770. The summed E-state index contributed by atoms with van der Waals surface area (Å²) >= 11 is 12.4. The maximum Gasteiger partial charge on any atom is 0.0596 e. The van der Waals surface area contributed by atoms with Crippen LogP contribution in [0.2, 0.25) is 10.0 Å². The standard InChI is InChI=1S/C18H21Cl2N3/c1-12-7-13(2)23(22-12)11-17-9-18(17,5-6-21-10-17)14-3-4-15(19)16(20)8-14/h3-4,7-8,21H,5-6,9-11H2,1-2H3. The Labute approximate surface area is 147 Å². The summed E-state index contributed by atoms with van der Waals surface area (Å²) in [5, 5.41) is 9.54. The SMILES string of the molecule is Cc1cc(C)n(CC23CNCCC2(c2ccc(Cl)c(Cl)c2)C3)n1. The molecule has 1 aromatic carbocycles. The molecule has 4 rings (SSSR count). The van der Waals surface area contributed by atoms with Gasteiger partial charge in [-0.15, -0.1) is 0 Å². The molecule has 2 fully saturated rings. The minimum absolute atomic E-state index is 0.207. The average Bonchev–Trinajstić information content (AvgIpc) is 3.09. The molecule has 2 heterocycles. The molecule has 0 amide bonds. The highest BCUT2D eigenvalue weighted by molar-refractivity contribution is 6.42. The van der Waals surface area contributed by atoms with Crippen LogP contribution >= 0.6 is 23.2 Å². The first kappa shape index (κ1) is 15.5. The first-order valence-corrected chi connectivity index (χ1v) is 8.89. The summed E-state index contributed by atoms with van der Waals surface area (Å²) in [6, 6.07) is 8.30. The summed E-state index contributed by atoms with van der Waals surface area (Å²) in [5.74, 6) is 0. The predicted molar refractivity (Wildman–Crippen MR) is 94.4 cm³/mol. The highest BCUT2D eigenvalue weighted by atomic mass is 35.5. The predicted octanol–water partition coefficient (Wildman–Crippen LogP) is 4.13. The number of aromatic nitrogens is 2. The van der Waals surface area contributed by atoms with Gasteiger partial charge in [-0.3, -0.25) is 4.68 Å². The van der Waals surface area contributed by atoms with Gasteiger partial charge in [-0.05, 0) is 57.0 Å². The zero-order valence-electron chi connectivity index (χ0n) is 13.5. The van der Waals surface area contributed by atoms with Crippen molar-refractivity contribution >= 4 is 23.2 Å². The van der Waals surface area contributed by atoms with E-state index < -0.39 is 0 Å². The maximum atomic E-state index is 6.28. The lowest BCUT2D eigenvalue weighted by atomic mass is 9.81. The van der Waals surface area contributed by atoms with Crippen molar-refractivity contribution in [3.8, 4) is 0 Å². The van der Waals surface area contributed by atoms with Crippen LogP contribution in [0.25, 0.3) is 0 Å². The van der Waals surface area contributed by atoms with E-state index in [2.05, 4.69) is 47.1 Å². The van der Waals surface area contributed by atoms with E-state index in [1.165, 1.54) is 17.7 Å². The number of hydrogen-bond donors (Lipinski definition) is 1. The second-order valence-electron chi connectivity index (χ2n) is 7.18. The molecule has 2 unspecified atom stereocenters. The smallest absolute Gasteiger partial charge is 0.0596 e. The molecule has 1 saturated carbocycles. The van der Waals surface area contributed by atoms with Crippen LogP contribution in [0, 0.1) is 19.3 Å². The molecule has 5 heteroatoms. The van der Waals surface area contributed by atoms with Gasteiger partial charge in [0.15, 0.2) is 0 Å². The summed E-state index contributed by atoms with van der Waals surface area (Å²) in [4.78, 5) is 0. The van der Waals surface area contributed by atoms with Gasteiger partial charge in [0.05, 0.1) is 15.7 Å². The van der Waals surface area contributed by atoms with Crippen molar-refractivity contribution in [1.82, 2.24) is 15.1 Å². The number of rotatable bonds is 3. The molecular formula is C18H21Cl2N3. The van der Waals surface area contributed by atoms with Crippen molar-refractivity contribution in [1.29, 1.82) is 0 Å². The van der Waals surface area contributed by atoms with Crippen molar-refractivity contribution in [3.63, 3.8) is 0 Å². The first-order valence-electron chi connectivity index (χ1n) is 8.13. The zero-order valence-corrected chi connectivity index (χ0v) is 15.0. The maximum absolute atomic E-state index is 6.28. The van der Waals surface area contributed by atoms with Gasteiger partial charge in [0.25, 0.3) is 0 Å². The van der Waals surface area contributed by atoms with Crippen molar-refractivity contribution < 1.29 is 0 Å². The fourth-order valence-corrected chi connectivity index (χ4v) is 4.78. The first-order chi connectivity index (χ1) is 11.0. The number of nitrogens with one attached hydrogen (secondary N) is 1. The Morgan fingerprint density at radius 1 is 1.22 bits per heavy atom. The third-order valence-electron chi connectivity index (χ3n) is 5.75. The van der Waals surface area contributed by atoms with E-state index in [1.807, 2.05) is 6.07 Å². The van der Waals surface area contributed by atoms with Gasteiger partial charge >= 0.3 is 0 Å². The van der Waals surface area contributed by atoms with E-state index in [-0.39, 0.29) is 10.8 Å². The second kappa shape index (κ2) is 5.23. The number of aryl methyl sites for hydroxylation is 2. The number of nitrogens with zero attached hydrogens (tertiary/aromatic N) is 2. The molecule has 1 N–H and O–H groups in total. The van der Waals surface area contributed by atoms with Gasteiger partial charge in [-0.25, -0.2) is 0 Å². The third-order valence-corrected chi connectivity index (χ3v) is 6.49. The molecule has 0 radical (unpaired) electrons. The van der Waals surface area contributed by atoms with Gasteiger partial charge in [-0.2, -0.15) is 5.10 Å². The highest BCUT2D eigenvalue weighted by Crippen LogP contribution is 2.68. The molecule has 23 heavy (non-hydrogen) atoms. The topological polar surface area (TPSA) is 29.9 Å². The number of fused-ring (bicyclic) bond motifs is 1. The lowest BCUT2D eigenvalue weighted by Gasteiger charge is -2.32. The number of piperidine rings is 1. The minimum atomic E-state index is 0.207. The Hall–Kier alpha value is -1.03. The van der Waals surface area contributed by atoms with E-state index in [0.717, 1.165) is 31.7 Å². The van der Waals surface area contributed by atoms with Crippen molar-refractivity contribution in [2.75, 3.05) is 13.1 Å². The van der Waals surface area contributed by atoms with Crippen LogP contribution < -0.4 is 5.32 Å². The number of halogens is 2. The fraction of sp³-hybridized carbons (Fsp3) is 0.500. The van der Waals surface area contributed by atoms with Crippen molar-refractivity contribution in [3.05, 3.63) is 51.3 Å². The van der Waals surface area contributed by atoms with Crippen LogP contribution in [-0.4, -0.2) is 22.9 Å². The van der Waals surface area contributed by atoms with E-state index in [9.17, 15) is 0 Å². The van der Waals surface area contributed by atoms with E-state index in [0.29, 0.717) is 10.0 Å². The Kier molecular flexibility index (Phi) is 3.53. The van der Waals surface area contributed by atoms with E-state index in [1.54, 1.807) is 0 Å². The molecular weight excluding hydrogens is 329 g/mol. The molecule has 0 spiro atoms. The average molecular weight is 350 g/mol. The minimum Gasteiger partial charge on any atom is -0.316 e. The quantitative estimate of drug-likeness (QED) is 0.902. The van der Waals surface area contributed by atoms with Gasteiger partial charge in [0.1, 0.15) is 0 Å². The molecule has 122 valence electrons. The summed E-state index contributed by atoms with van der Waals surface area (Å²) in [6.45, 7) is 7.24. The third kappa shape index (κ3) is 2.33. The Morgan fingerprint density at radius 3 is 2.74 bits per heavy atom. The summed E-state index contributed by atoms with van der Waals surface area (Å²) in [5.41, 5.74) is 4.08. The molecule has 1 aliphatic carbocycles. The van der Waals surface area contributed by atoms with Crippen molar-refractivity contribution in [2.24, 2.45) is 5.41 Å². The molecule has 1 aromatic heterocycles. The van der Waals surface area contributed by atoms with Crippen LogP contribution in [0.4, 0.5) is 0 Å². The van der Waals surface area contributed by atoms with Gasteiger partial charge in [0, 0.05) is 29.6 Å². The van der Waals surface area contributed by atoms with Gasteiger partial charge < -0.3 is 5.32 Å². The molecule has 1 saturated heterocycles. The molecule has 2 aromatic rings. The van der Waals surface area contributed by atoms with Crippen LogP contribution in [-0.2, 0) is 12.0 Å². The molecule has 0 bridgehead atoms. The summed E-state index contributed by atoms with van der Waals surface area (Å²) < 4.78 is 2.17. The van der Waals surface area contributed by atoms with Gasteiger partial charge in [0.2, 0.25) is 0 Å². The fourth-order valence-electron chi connectivity index (χ4n) is 4.48. The van der Waals surface area contributed by atoms with E-state index in [4.69, 9.17) is 23.2 Å². The van der Waals surface area contributed by atoms with E-state index >= 15 is 0 Å². The number of hydrogen-bond acceptors (Lipinski definition) is 2. The molecule has 2 atom stereocenters. The number of benzene rings is 1. The highest BCUT2D eigenvalue weighted by Gasteiger charge is 2.68. The molecule has 1 aliphatic heterocycles. The molecule has 3 nitrogen and oxygen atoms in total. The zero-order chi connectivity index (χ0) is 16.2. The second-order valence-corrected chi connectivity index (χ2v) is 7.99. The summed E-state index contributed by atoms with van der Waals surface area (Å²) in [6.07, 6.45) is 2.33.